The van der Waals surface area contributed by atoms with Gasteiger partial charge in [0.25, 0.3) is 5.91 Å². The largest absolute Gasteiger partial charge is 0.386 e. The van der Waals surface area contributed by atoms with Crippen molar-refractivity contribution in [3.63, 3.8) is 0 Å². The van der Waals surface area contributed by atoms with Gasteiger partial charge in [-0.25, -0.2) is 5.06 Å². The van der Waals surface area contributed by atoms with Gasteiger partial charge in [-0.2, -0.15) is 0 Å². The minimum absolute atomic E-state index is 0.451. The van der Waals surface area contributed by atoms with Crippen LogP contribution in [0.4, 0.5) is 0 Å². The number of carbonyl (C=O) groups is 1. The Balaban J connectivity index is 3.46. The van der Waals surface area contributed by atoms with Gasteiger partial charge in [-0.3, -0.25) is 9.63 Å². The number of hydrogen-bond donors (Lipinski definition) is 1. The number of likely N-dealkylation sites (N-methyl/N-ethyl adjacent to an activating group) is 1. The third kappa shape index (κ3) is 1.90. The van der Waals surface area contributed by atoms with Crippen LogP contribution in [0.5, 0.6) is 0 Å². The second-order valence-electron chi connectivity index (χ2n) is 1.23. The highest BCUT2D eigenvalue weighted by Crippen LogP contribution is 1.79. The van der Waals surface area contributed by atoms with Crippen LogP contribution in [0.3, 0.4) is 0 Å². The third-order valence-corrected chi connectivity index (χ3v) is 0.760. The molecule has 4 nitrogen and oxygen atoms in total. The second-order valence-corrected chi connectivity index (χ2v) is 1.23. The molecule has 0 aromatic heterocycles. The molecule has 0 aromatic carbocycles. The van der Waals surface area contributed by atoms with Crippen molar-refractivity contribution in [3.8, 4) is 0 Å². The number of aliphatic hydroxyl groups excluding tert-OH is 1. The van der Waals surface area contributed by atoms with E-state index in [1.54, 1.807) is 0 Å². The fourth-order valence-corrected chi connectivity index (χ4v) is 0.201. The monoisotopic (exact) mass is 119 g/mol. The zero-order valence-corrected chi connectivity index (χ0v) is 4.92. The number of nitrogens with zero attached hydrogens (tertiary/aromatic N) is 1. The van der Waals surface area contributed by atoms with Gasteiger partial charge in [0.15, 0.2) is 0 Å². The predicted octanol–water partition coefficient (Wildman–Crippen LogP) is -1.00. The lowest BCUT2D eigenvalue weighted by Crippen LogP contribution is -2.27. The van der Waals surface area contributed by atoms with Gasteiger partial charge in [0.05, 0.1) is 7.11 Å². The SMILES string of the molecule is CON(C)C(=O)CO. The lowest BCUT2D eigenvalue weighted by Gasteiger charge is -2.10. The summed E-state index contributed by atoms with van der Waals surface area (Å²) < 4.78 is 0. The molecule has 0 radical (unpaired) electrons. The maximum atomic E-state index is 10.3. The van der Waals surface area contributed by atoms with E-state index in [9.17, 15) is 4.79 Å². The topological polar surface area (TPSA) is 49.8 Å². The van der Waals surface area contributed by atoms with Crippen LogP contribution in [0.1, 0.15) is 0 Å². The van der Waals surface area contributed by atoms with Gasteiger partial charge in [0.1, 0.15) is 6.61 Å². The molecule has 0 saturated heterocycles. The molecule has 4 heteroatoms. The molecule has 0 heterocycles. The van der Waals surface area contributed by atoms with Gasteiger partial charge in [-0.1, -0.05) is 0 Å². The molecule has 48 valence electrons. The van der Waals surface area contributed by atoms with Gasteiger partial charge in [0, 0.05) is 7.05 Å². The average Bonchev–Trinajstić information content (AvgIpc) is 1.84. The maximum absolute atomic E-state index is 10.3. The quantitative estimate of drug-likeness (QED) is 0.474. The van der Waals surface area contributed by atoms with Crippen LogP contribution in [-0.4, -0.2) is 36.8 Å². The molecular formula is C4H9NO3. The zero-order chi connectivity index (χ0) is 6.57. The van der Waals surface area contributed by atoms with Crippen molar-refractivity contribution < 1.29 is 14.7 Å². The van der Waals surface area contributed by atoms with Gasteiger partial charge >= 0.3 is 0 Å². The van der Waals surface area contributed by atoms with Crippen LogP contribution >= 0.6 is 0 Å². The smallest absolute Gasteiger partial charge is 0.271 e. The summed E-state index contributed by atoms with van der Waals surface area (Å²) in [5.41, 5.74) is 0. The molecule has 8 heavy (non-hydrogen) atoms. The first-order valence-electron chi connectivity index (χ1n) is 2.14. The number of amides is 1. The van der Waals surface area contributed by atoms with Crippen molar-refractivity contribution in [2.75, 3.05) is 20.8 Å². The molecule has 0 aromatic rings. The number of hydrogen-bond acceptors (Lipinski definition) is 3. The Morgan fingerprint density at radius 2 is 2.38 bits per heavy atom. The molecule has 0 spiro atoms. The van der Waals surface area contributed by atoms with Gasteiger partial charge < -0.3 is 5.11 Å². The van der Waals surface area contributed by atoms with Crippen LogP contribution in [0.15, 0.2) is 0 Å². The van der Waals surface area contributed by atoms with Crippen LogP contribution in [0.25, 0.3) is 0 Å². The lowest BCUT2D eigenvalue weighted by molar-refractivity contribution is -0.171. The molecule has 0 aliphatic rings. The normalized spacial score (nSPS) is 8.88. The molecule has 1 amide bonds. The molecular weight excluding hydrogens is 110 g/mol. The van der Waals surface area contributed by atoms with E-state index in [-0.39, 0.29) is 0 Å². The van der Waals surface area contributed by atoms with Crippen LogP contribution in [0, 0.1) is 0 Å². The molecule has 0 unspecified atom stereocenters. The van der Waals surface area contributed by atoms with E-state index in [4.69, 9.17) is 5.11 Å². The third-order valence-electron chi connectivity index (χ3n) is 0.760. The summed E-state index contributed by atoms with van der Waals surface area (Å²) in [7, 11) is 2.78. The first kappa shape index (κ1) is 7.39. The van der Waals surface area contributed by atoms with Crippen LogP contribution in [-0.2, 0) is 9.63 Å². The number of aliphatic hydroxyl groups is 1. The van der Waals surface area contributed by atoms with Crippen LogP contribution in [0.2, 0.25) is 0 Å². The maximum Gasteiger partial charge on any atom is 0.271 e. The van der Waals surface area contributed by atoms with Crippen molar-refractivity contribution in [2.24, 2.45) is 0 Å². The van der Waals surface area contributed by atoms with E-state index in [0.29, 0.717) is 0 Å². The molecule has 1 N–H and O–H groups in total. The Morgan fingerprint density at radius 3 is 2.50 bits per heavy atom. The van der Waals surface area contributed by atoms with E-state index >= 15 is 0 Å². The van der Waals surface area contributed by atoms with Crippen molar-refractivity contribution in [2.45, 2.75) is 0 Å². The lowest BCUT2D eigenvalue weighted by atomic mass is 10.7. The first-order valence-corrected chi connectivity index (χ1v) is 2.14. The summed E-state index contributed by atoms with van der Waals surface area (Å²) in [6, 6.07) is 0. The minimum atomic E-state index is -0.510. The Morgan fingerprint density at radius 1 is 1.88 bits per heavy atom. The second kappa shape index (κ2) is 3.40. The zero-order valence-electron chi connectivity index (χ0n) is 4.92. The molecule has 0 aliphatic heterocycles. The molecule has 0 bridgehead atoms. The summed E-state index contributed by atoms with van der Waals surface area (Å²) in [5, 5.41) is 9.12. The Labute approximate surface area is 47.6 Å². The van der Waals surface area contributed by atoms with E-state index in [2.05, 4.69) is 4.84 Å². The molecule has 0 fully saturated rings. The Hall–Kier alpha value is -0.610. The van der Waals surface area contributed by atoms with Crippen molar-refractivity contribution in [1.29, 1.82) is 0 Å². The fourth-order valence-electron chi connectivity index (χ4n) is 0.201. The highest BCUT2D eigenvalue weighted by molar-refractivity contribution is 5.75. The summed E-state index contributed by atoms with van der Waals surface area (Å²) in [5.74, 6) is -0.451. The molecule has 0 rings (SSSR count). The minimum Gasteiger partial charge on any atom is -0.386 e. The van der Waals surface area contributed by atoms with Crippen molar-refractivity contribution in [3.05, 3.63) is 0 Å². The highest BCUT2D eigenvalue weighted by Gasteiger charge is 2.02. The van der Waals surface area contributed by atoms with Crippen molar-refractivity contribution >= 4 is 5.91 Å². The first-order chi connectivity index (χ1) is 3.72. The standard InChI is InChI=1S/C4H9NO3/c1-5(8-2)4(7)3-6/h6H,3H2,1-2H3. The van der Waals surface area contributed by atoms with Crippen LogP contribution < -0.4 is 0 Å². The van der Waals surface area contributed by atoms with Gasteiger partial charge in [-0.15, -0.1) is 0 Å². The summed E-state index contributed by atoms with van der Waals surface area (Å²) >= 11 is 0. The number of hydroxylamine groups is 2. The van der Waals surface area contributed by atoms with E-state index < -0.39 is 12.5 Å². The average molecular weight is 119 g/mol. The number of carbonyl (C=O) groups excluding carboxylic acids is 1. The van der Waals surface area contributed by atoms with E-state index in [1.165, 1.54) is 14.2 Å². The predicted molar refractivity (Wildman–Crippen MR) is 26.9 cm³/mol. The Bertz CT molecular complexity index is 83.4. The highest BCUT2D eigenvalue weighted by atomic mass is 16.7. The van der Waals surface area contributed by atoms with E-state index in [1.807, 2.05) is 0 Å². The van der Waals surface area contributed by atoms with Gasteiger partial charge in [-0.05, 0) is 0 Å². The summed E-state index contributed by atoms with van der Waals surface area (Å²) in [6.45, 7) is -0.510. The van der Waals surface area contributed by atoms with Gasteiger partial charge in [0.2, 0.25) is 0 Å². The fraction of sp³-hybridized carbons (Fsp3) is 0.750. The van der Waals surface area contributed by atoms with E-state index in [0.717, 1.165) is 5.06 Å². The molecule has 0 saturated carbocycles. The number of rotatable bonds is 2. The summed E-state index contributed by atoms with van der Waals surface area (Å²) in [6.07, 6.45) is 0. The van der Waals surface area contributed by atoms with Crippen molar-refractivity contribution in [1.82, 2.24) is 5.06 Å². The molecule has 0 aliphatic carbocycles. The Kier molecular flexibility index (Phi) is 3.14. The summed E-state index contributed by atoms with van der Waals surface area (Å²) in [4.78, 5) is 14.7. The molecule has 0 atom stereocenters.